The van der Waals surface area contributed by atoms with E-state index in [-0.39, 0.29) is 11.5 Å². The van der Waals surface area contributed by atoms with E-state index in [0.29, 0.717) is 11.6 Å². The van der Waals surface area contributed by atoms with Crippen LogP contribution in [0.15, 0.2) is 30.3 Å². The highest BCUT2D eigenvalue weighted by Gasteiger charge is 2.24. The van der Waals surface area contributed by atoms with Gasteiger partial charge in [0.1, 0.15) is 5.82 Å². The van der Waals surface area contributed by atoms with E-state index < -0.39 is 5.97 Å². The minimum Gasteiger partial charge on any atom is -0.476 e. The quantitative estimate of drug-likeness (QED) is 0.933. The molecule has 4 nitrogen and oxygen atoms in total. The third-order valence-electron chi connectivity index (χ3n) is 3.80. The zero-order valence-electron chi connectivity index (χ0n) is 10.9. The summed E-state index contributed by atoms with van der Waals surface area (Å²) in [5.41, 5.74) is 1.64. The third kappa shape index (κ3) is 2.31. The predicted octanol–water partition coefficient (Wildman–Crippen LogP) is 3.37. The van der Waals surface area contributed by atoms with Gasteiger partial charge in [0.2, 0.25) is 0 Å². The number of hydrogen-bond acceptors (Lipinski definition) is 2. The first-order valence-corrected chi connectivity index (χ1v) is 6.74. The molecule has 0 amide bonds. The van der Waals surface area contributed by atoms with E-state index in [0.717, 1.165) is 31.4 Å². The van der Waals surface area contributed by atoms with Crippen molar-refractivity contribution in [2.45, 2.75) is 31.6 Å². The summed E-state index contributed by atoms with van der Waals surface area (Å²) in [6.07, 6.45) is 4.40. The van der Waals surface area contributed by atoms with Crippen LogP contribution in [0.1, 0.15) is 47.8 Å². The van der Waals surface area contributed by atoms with Crippen molar-refractivity contribution >= 4 is 5.97 Å². The lowest BCUT2D eigenvalue weighted by molar-refractivity contribution is 0.0690. The number of carboxylic acids is 1. The summed E-state index contributed by atoms with van der Waals surface area (Å²) in [6, 6.07) is 7.59. The lowest BCUT2D eigenvalue weighted by Gasteiger charge is -2.12. The van der Waals surface area contributed by atoms with Gasteiger partial charge >= 0.3 is 5.97 Å². The standard InChI is InChI=1S/C15H15FN2O2/c16-11-5-7-12(8-6-11)18-14(10-3-1-2-4-10)9-13(17-18)15(19)20/h5-10H,1-4H2,(H,19,20). The molecule has 0 spiro atoms. The fourth-order valence-corrected chi connectivity index (χ4v) is 2.80. The maximum atomic E-state index is 13.0. The van der Waals surface area contributed by atoms with Gasteiger partial charge in [0.05, 0.1) is 5.69 Å². The van der Waals surface area contributed by atoms with Crippen molar-refractivity contribution in [1.29, 1.82) is 0 Å². The molecule has 0 unspecified atom stereocenters. The molecule has 3 rings (SSSR count). The highest BCUT2D eigenvalue weighted by atomic mass is 19.1. The average molecular weight is 274 g/mol. The number of aromatic nitrogens is 2. The van der Waals surface area contributed by atoms with Crippen LogP contribution in [-0.4, -0.2) is 20.9 Å². The lowest BCUT2D eigenvalue weighted by Crippen LogP contribution is -2.06. The molecule has 0 radical (unpaired) electrons. The Morgan fingerprint density at radius 2 is 1.90 bits per heavy atom. The van der Waals surface area contributed by atoms with Crippen molar-refractivity contribution in [3.8, 4) is 5.69 Å². The maximum absolute atomic E-state index is 13.0. The summed E-state index contributed by atoms with van der Waals surface area (Å²) in [6.45, 7) is 0. The van der Waals surface area contributed by atoms with E-state index in [1.165, 1.54) is 12.1 Å². The second-order valence-corrected chi connectivity index (χ2v) is 5.13. The number of carbonyl (C=O) groups is 1. The highest BCUT2D eigenvalue weighted by molar-refractivity contribution is 5.85. The zero-order valence-corrected chi connectivity index (χ0v) is 10.9. The maximum Gasteiger partial charge on any atom is 0.356 e. The van der Waals surface area contributed by atoms with Gasteiger partial charge in [-0.2, -0.15) is 5.10 Å². The fourth-order valence-electron chi connectivity index (χ4n) is 2.80. The number of rotatable bonds is 3. The van der Waals surface area contributed by atoms with E-state index in [2.05, 4.69) is 5.10 Å². The lowest BCUT2D eigenvalue weighted by atomic mass is 10.0. The van der Waals surface area contributed by atoms with Crippen LogP contribution < -0.4 is 0 Å². The third-order valence-corrected chi connectivity index (χ3v) is 3.80. The topological polar surface area (TPSA) is 55.1 Å². The Hall–Kier alpha value is -2.17. The minimum atomic E-state index is -1.04. The van der Waals surface area contributed by atoms with Gasteiger partial charge in [-0.3, -0.25) is 0 Å². The summed E-state index contributed by atoms with van der Waals surface area (Å²) >= 11 is 0. The zero-order chi connectivity index (χ0) is 14.1. The summed E-state index contributed by atoms with van der Waals surface area (Å²) in [4.78, 5) is 11.1. The Labute approximate surface area is 115 Å². The Balaban J connectivity index is 2.07. The number of aromatic carboxylic acids is 1. The minimum absolute atomic E-state index is 0.0382. The fraction of sp³-hybridized carbons (Fsp3) is 0.333. The molecule has 5 heteroatoms. The van der Waals surface area contributed by atoms with Gasteiger partial charge in [0.15, 0.2) is 5.69 Å². The van der Waals surface area contributed by atoms with E-state index >= 15 is 0 Å². The van der Waals surface area contributed by atoms with Gasteiger partial charge in [-0.1, -0.05) is 12.8 Å². The van der Waals surface area contributed by atoms with Crippen LogP contribution in [-0.2, 0) is 0 Å². The number of benzene rings is 1. The van der Waals surface area contributed by atoms with E-state index in [1.54, 1.807) is 22.9 Å². The largest absolute Gasteiger partial charge is 0.476 e. The Kier molecular flexibility index (Phi) is 3.26. The number of nitrogens with zero attached hydrogens (tertiary/aromatic N) is 2. The van der Waals surface area contributed by atoms with Gasteiger partial charge < -0.3 is 5.11 Å². The van der Waals surface area contributed by atoms with Gasteiger partial charge in [-0.25, -0.2) is 13.9 Å². The SMILES string of the molecule is O=C(O)c1cc(C2CCCC2)n(-c2ccc(F)cc2)n1. The Bertz CT molecular complexity index is 628. The average Bonchev–Trinajstić information content (AvgIpc) is 3.08. The van der Waals surface area contributed by atoms with E-state index in [9.17, 15) is 9.18 Å². The molecule has 1 heterocycles. The molecule has 1 aliphatic rings. The second-order valence-electron chi connectivity index (χ2n) is 5.13. The summed E-state index contributed by atoms with van der Waals surface area (Å²) in [5, 5.41) is 13.3. The van der Waals surface area contributed by atoms with Crippen molar-refractivity contribution in [3.05, 3.63) is 47.5 Å². The van der Waals surface area contributed by atoms with Gasteiger partial charge in [0.25, 0.3) is 0 Å². The van der Waals surface area contributed by atoms with Gasteiger partial charge in [-0.05, 0) is 43.2 Å². The first kappa shape index (κ1) is 12.8. The first-order valence-electron chi connectivity index (χ1n) is 6.74. The monoisotopic (exact) mass is 274 g/mol. The molecule has 0 aliphatic heterocycles. The van der Waals surface area contributed by atoms with Crippen molar-refractivity contribution in [2.75, 3.05) is 0 Å². The van der Waals surface area contributed by atoms with Gasteiger partial charge in [0, 0.05) is 11.6 Å². The van der Waals surface area contributed by atoms with E-state index in [4.69, 9.17) is 5.11 Å². The Morgan fingerprint density at radius 1 is 1.25 bits per heavy atom. The molecule has 0 saturated heterocycles. The van der Waals surface area contributed by atoms with Crippen LogP contribution in [0.2, 0.25) is 0 Å². The normalized spacial score (nSPS) is 15.7. The number of carboxylic acid groups (broad SMARTS) is 1. The molecule has 0 bridgehead atoms. The molecule has 1 N–H and O–H groups in total. The summed E-state index contributed by atoms with van der Waals surface area (Å²) in [7, 11) is 0. The van der Waals surface area contributed by atoms with Crippen molar-refractivity contribution in [3.63, 3.8) is 0 Å². The highest BCUT2D eigenvalue weighted by Crippen LogP contribution is 2.35. The predicted molar refractivity (Wildman–Crippen MR) is 71.7 cm³/mol. The molecule has 20 heavy (non-hydrogen) atoms. The molecule has 1 aromatic carbocycles. The molecular weight excluding hydrogens is 259 g/mol. The molecular formula is C15H15FN2O2. The van der Waals surface area contributed by atoms with E-state index in [1.807, 2.05) is 0 Å². The Morgan fingerprint density at radius 3 is 2.50 bits per heavy atom. The molecule has 1 saturated carbocycles. The summed E-state index contributed by atoms with van der Waals surface area (Å²) < 4.78 is 14.7. The van der Waals surface area contributed by atoms with Crippen molar-refractivity contribution in [2.24, 2.45) is 0 Å². The van der Waals surface area contributed by atoms with Crippen LogP contribution in [0, 0.1) is 5.82 Å². The first-order chi connectivity index (χ1) is 9.65. The van der Waals surface area contributed by atoms with Crippen molar-refractivity contribution < 1.29 is 14.3 Å². The van der Waals surface area contributed by atoms with Crippen LogP contribution in [0.25, 0.3) is 5.69 Å². The van der Waals surface area contributed by atoms with Crippen molar-refractivity contribution in [1.82, 2.24) is 9.78 Å². The molecule has 1 aromatic heterocycles. The van der Waals surface area contributed by atoms with Crippen LogP contribution >= 0.6 is 0 Å². The van der Waals surface area contributed by atoms with Crippen LogP contribution in [0.4, 0.5) is 4.39 Å². The molecule has 2 aromatic rings. The molecule has 104 valence electrons. The molecule has 0 atom stereocenters. The summed E-state index contributed by atoms with van der Waals surface area (Å²) in [5.74, 6) is -1.02. The second kappa shape index (κ2) is 5.07. The molecule has 1 aliphatic carbocycles. The number of halogens is 1. The number of hydrogen-bond donors (Lipinski definition) is 1. The van der Waals surface area contributed by atoms with Gasteiger partial charge in [-0.15, -0.1) is 0 Å². The smallest absolute Gasteiger partial charge is 0.356 e. The van der Waals surface area contributed by atoms with Crippen LogP contribution in [0.5, 0.6) is 0 Å². The van der Waals surface area contributed by atoms with Crippen LogP contribution in [0.3, 0.4) is 0 Å². The molecule has 1 fully saturated rings.